The Morgan fingerprint density at radius 2 is 0.785 bits per heavy atom. The Bertz CT molecular complexity index is 2680. The van der Waals surface area contributed by atoms with Gasteiger partial charge in [-0.2, -0.15) is 0 Å². The number of hydrogen-bond donors (Lipinski definition) is 0. The van der Waals surface area contributed by atoms with E-state index in [1.54, 1.807) is 11.1 Å². The molecule has 2 unspecified atom stereocenters. The van der Waals surface area contributed by atoms with Crippen LogP contribution >= 0.6 is 0 Å². The van der Waals surface area contributed by atoms with E-state index in [9.17, 15) is 0 Å². The van der Waals surface area contributed by atoms with E-state index in [1.165, 1.54) is 133 Å². The topological polar surface area (TPSA) is 26.3 Å². The number of aryl methyl sites for hydroxylation is 2. The summed E-state index contributed by atoms with van der Waals surface area (Å²) in [5.74, 6) is 9.65. The van der Waals surface area contributed by atoms with E-state index in [-0.39, 0.29) is 11.1 Å². The molecule has 0 saturated heterocycles. The SMILES string of the molecule is Cc1ccc(C2=Cc3c(-c4ccc(C56CC7CC(CC(C7)C5)C6)cc4)cccc3C2[Si](C)(C)C2C(c3ccc(C)o3)=Cc3c(-c4ccc(C56CC7CC(CC(C7)C5)C6)cc4)cccc32)o1. The summed E-state index contributed by atoms with van der Waals surface area (Å²) in [7, 11) is -2.42. The normalized spacial score (nSPS) is 32.5. The van der Waals surface area contributed by atoms with Gasteiger partial charge in [-0.25, -0.2) is 0 Å². The second-order valence-corrected chi connectivity index (χ2v) is 28.7. The van der Waals surface area contributed by atoms with Crippen molar-refractivity contribution >= 4 is 31.4 Å². The third-order valence-electron chi connectivity index (χ3n) is 19.4. The van der Waals surface area contributed by atoms with Crippen LogP contribution in [0.15, 0.2) is 118 Å². The molecular formula is C62H64O2Si. The molecule has 328 valence electrons. The Morgan fingerprint density at radius 3 is 1.11 bits per heavy atom. The van der Waals surface area contributed by atoms with Gasteiger partial charge in [0.1, 0.15) is 23.0 Å². The van der Waals surface area contributed by atoms with Crippen LogP contribution in [0, 0.1) is 49.4 Å². The molecule has 6 aromatic rings. The molecule has 8 saturated carbocycles. The molecule has 2 nitrogen and oxygen atoms in total. The fraction of sp³-hybridized carbons (Fsp3) is 0.419. The highest BCUT2D eigenvalue weighted by Gasteiger charge is 2.54. The quantitative estimate of drug-likeness (QED) is 0.142. The highest BCUT2D eigenvalue weighted by atomic mass is 28.3. The second-order valence-electron chi connectivity index (χ2n) is 23.9. The molecule has 0 radical (unpaired) electrons. The lowest BCUT2D eigenvalue weighted by Crippen LogP contribution is -2.48. The number of furan rings is 2. The van der Waals surface area contributed by atoms with E-state index in [0.29, 0.717) is 10.8 Å². The summed E-state index contributed by atoms with van der Waals surface area (Å²) >= 11 is 0. The second kappa shape index (κ2) is 14.1. The van der Waals surface area contributed by atoms with Crippen LogP contribution in [0.5, 0.6) is 0 Å². The zero-order valence-corrected chi connectivity index (χ0v) is 40.0. The average Bonchev–Trinajstić information content (AvgIpc) is 4.10. The Labute approximate surface area is 387 Å². The van der Waals surface area contributed by atoms with Gasteiger partial charge in [-0.1, -0.05) is 98.0 Å². The maximum atomic E-state index is 6.63. The summed E-state index contributed by atoms with van der Waals surface area (Å²) in [5, 5.41) is 0. The maximum Gasteiger partial charge on any atom is 0.130 e. The van der Waals surface area contributed by atoms with Crippen LogP contribution in [0.25, 0.3) is 45.6 Å². The van der Waals surface area contributed by atoms with Crippen LogP contribution in [-0.4, -0.2) is 8.07 Å². The van der Waals surface area contributed by atoms with Gasteiger partial charge in [0, 0.05) is 22.2 Å². The van der Waals surface area contributed by atoms with Crippen molar-refractivity contribution in [1.29, 1.82) is 0 Å². The van der Waals surface area contributed by atoms with E-state index in [1.807, 2.05) is 0 Å². The first-order valence-electron chi connectivity index (χ1n) is 25.6. The van der Waals surface area contributed by atoms with Crippen molar-refractivity contribution in [2.75, 3.05) is 0 Å². The van der Waals surface area contributed by atoms with Gasteiger partial charge in [0.15, 0.2) is 0 Å². The first kappa shape index (κ1) is 39.3. The molecular weight excluding hydrogens is 805 g/mol. The molecule has 16 rings (SSSR count). The van der Waals surface area contributed by atoms with E-state index in [0.717, 1.165) is 58.5 Å². The number of rotatable bonds is 8. The van der Waals surface area contributed by atoms with Crippen molar-refractivity contribution in [2.45, 2.75) is 126 Å². The fourth-order valence-corrected chi connectivity index (χ4v) is 22.1. The van der Waals surface area contributed by atoms with E-state index >= 15 is 0 Å². The van der Waals surface area contributed by atoms with Crippen LogP contribution in [0.1, 0.15) is 145 Å². The first-order chi connectivity index (χ1) is 31.6. The average molecular weight is 869 g/mol. The van der Waals surface area contributed by atoms with Crippen LogP contribution < -0.4 is 0 Å². The van der Waals surface area contributed by atoms with Gasteiger partial charge < -0.3 is 8.83 Å². The van der Waals surface area contributed by atoms with Crippen LogP contribution in [0.3, 0.4) is 0 Å². The molecule has 4 aromatic carbocycles. The summed E-state index contributed by atoms with van der Waals surface area (Å²) in [5.41, 5.74) is 18.1. The monoisotopic (exact) mass is 868 g/mol. The number of hydrogen-bond acceptors (Lipinski definition) is 2. The smallest absolute Gasteiger partial charge is 0.130 e. The molecule has 8 fully saturated rings. The lowest BCUT2D eigenvalue weighted by Gasteiger charge is -2.57. The minimum atomic E-state index is -2.42. The minimum absolute atomic E-state index is 0.216. The van der Waals surface area contributed by atoms with Gasteiger partial charge in [0.25, 0.3) is 0 Å². The Balaban J connectivity index is 0.856. The standard InChI is InChI=1S/C62H64O2Si/c1-37-11-21-57(63-37)55-29-53-49(45-13-17-47(18-14-45)61-31-39-23-40(32-61)25-41(24-39)33-61)7-5-9-51(53)59(55)65(3,4)60-52-10-6-8-50(54(52)30-56(60)58-22-12-38(2)64-58)46-15-19-48(20-16-46)62-34-42-26-43(35-62)28-44(27-42)36-62/h5-22,29-30,39-44,59-60H,23-28,31-36H2,1-4H3. The summed E-state index contributed by atoms with van der Waals surface area (Å²) in [4.78, 5) is 0. The van der Waals surface area contributed by atoms with Crippen molar-refractivity contribution in [3.05, 3.63) is 166 Å². The van der Waals surface area contributed by atoms with Crippen LogP contribution in [0.2, 0.25) is 13.1 Å². The molecule has 10 aliphatic rings. The maximum absolute atomic E-state index is 6.63. The highest BCUT2D eigenvalue weighted by molar-refractivity contribution is 6.84. The molecule has 0 N–H and O–H groups in total. The van der Waals surface area contributed by atoms with Gasteiger partial charge >= 0.3 is 0 Å². The number of allylic oxidation sites excluding steroid dienone is 2. The van der Waals surface area contributed by atoms with Gasteiger partial charge in [-0.3, -0.25) is 0 Å². The molecule has 10 aliphatic carbocycles. The summed E-state index contributed by atoms with van der Waals surface area (Å²) in [6, 6.07) is 43.0. The first-order valence-corrected chi connectivity index (χ1v) is 28.8. The predicted molar refractivity (Wildman–Crippen MR) is 269 cm³/mol. The lowest BCUT2D eigenvalue weighted by atomic mass is 9.48. The lowest BCUT2D eigenvalue weighted by molar-refractivity contribution is -0.00530. The van der Waals surface area contributed by atoms with Crippen molar-refractivity contribution in [3.8, 4) is 22.3 Å². The van der Waals surface area contributed by atoms with Crippen LogP contribution in [0.4, 0.5) is 0 Å². The van der Waals surface area contributed by atoms with Gasteiger partial charge in [0.05, 0.1) is 8.07 Å². The molecule has 3 heteroatoms. The fourth-order valence-electron chi connectivity index (χ4n) is 17.6. The van der Waals surface area contributed by atoms with E-state index in [2.05, 4.69) is 148 Å². The minimum Gasteiger partial charge on any atom is -0.462 e. The zero-order valence-electron chi connectivity index (χ0n) is 39.0. The van der Waals surface area contributed by atoms with Crippen molar-refractivity contribution in [2.24, 2.45) is 35.5 Å². The molecule has 2 aromatic heterocycles. The zero-order chi connectivity index (χ0) is 43.4. The summed E-state index contributed by atoms with van der Waals surface area (Å²) in [6.07, 6.45) is 22.4. The summed E-state index contributed by atoms with van der Waals surface area (Å²) in [6.45, 7) is 9.48. The van der Waals surface area contributed by atoms with E-state index < -0.39 is 8.07 Å². The van der Waals surface area contributed by atoms with Crippen molar-refractivity contribution in [3.63, 3.8) is 0 Å². The predicted octanol–water partition coefficient (Wildman–Crippen LogP) is 16.5. The van der Waals surface area contributed by atoms with Crippen molar-refractivity contribution < 1.29 is 8.83 Å². The van der Waals surface area contributed by atoms with Gasteiger partial charge in [-0.15, -0.1) is 0 Å². The molecule has 0 amide bonds. The molecule has 8 bridgehead atoms. The Hall–Kier alpha value is -4.86. The molecule has 0 spiro atoms. The van der Waals surface area contributed by atoms with E-state index in [4.69, 9.17) is 8.83 Å². The highest BCUT2D eigenvalue weighted by Crippen LogP contribution is 2.63. The molecule has 65 heavy (non-hydrogen) atoms. The number of benzene rings is 4. The van der Waals surface area contributed by atoms with Gasteiger partial charge in [0.2, 0.25) is 0 Å². The third-order valence-corrected chi connectivity index (χ3v) is 23.6. The molecule has 2 atom stereocenters. The Morgan fingerprint density at radius 1 is 0.431 bits per heavy atom. The molecule has 0 aliphatic heterocycles. The third kappa shape index (κ3) is 6.02. The number of fused-ring (bicyclic) bond motifs is 2. The summed E-state index contributed by atoms with van der Waals surface area (Å²) < 4.78 is 13.3. The Kier molecular flexibility index (Phi) is 8.52. The van der Waals surface area contributed by atoms with Crippen molar-refractivity contribution in [1.82, 2.24) is 0 Å². The largest absolute Gasteiger partial charge is 0.462 e. The van der Waals surface area contributed by atoms with Crippen LogP contribution in [-0.2, 0) is 10.8 Å². The van der Waals surface area contributed by atoms with Gasteiger partial charge in [-0.05, 0) is 229 Å². The molecule has 2 heterocycles.